The van der Waals surface area contributed by atoms with Crippen LogP contribution < -0.4 is 10.2 Å². The number of carbonyl (C=O) groups is 1. The summed E-state index contributed by atoms with van der Waals surface area (Å²) < 4.78 is 0. The maximum absolute atomic E-state index is 12.9. The van der Waals surface area contributed by atoms with Crippen LogP contribution in [0, 0.1) is 18.8 Å². The quantitative estimate of drug-likeness (QED) is 0.809. The van der Waals surface area contributed by atoms with Crippen molar-refractivity contribution in [1.82, 2.24) is 10.3 Å². The molecule has 1 aliphatic heterocycles. The van der Waals surface area contributed by atoms with Crippen LogP contribution in [0.25, 0.3) is 0 Å². The summed E-state index contributed by atoms with van der Waals surface area (Å²) in [5, 5.41) is 6.50. The molecule has 0 unspecified atom stereocenters. The Labute approximate surface area is 160 Å². The van der Waals surface area contributed by atoms with Gasteiger partial charge in [0.2, 0.25) is 5.91 Å². The molecule has 1 aromatic carbocycles. The van der Waals surface area contributed by atoms with Crippen molar-refractivity contribution in [2.75, 3.05) is 18.0 Å². The Hall–Kier alpha value is -1.88. The smallest absolute Gasteiger partial charge is 0.223 e. The van der Waals surface area contributed by atoms with E-state index < -0.39 is 0 Å². The molecule has 0 saturated carbocycles. The molecule has 1 aromatic heterocycles. The number of anilines is 1. The van der Waals surface area contributed by atoms with Crippen LogP contribution in [0.2, 0.25) is 0 Å². The first-order chi connectivity index (χ1) is 12.5. The van der Waals surface area contributed by atoms with Crippen molar-refractivity contribution in [3.8, 4) is 0 Å². The lowest BCUT2D eigenvalue weighted by atomic mass is 9.93. The lowest BCUT2D eigenvalue weighted by Gasteiger charge is -2.32. The molecule has 2 aromatic rings. The lowest BCUT2D eigenvalue weighted by molar-refractivity contribution is -0.126. The second-order valence-electron chi connectivity index (χ2n) is 7.63. The van der Waals surface area contributed by atoms with Crippen molar-refractivity contribution in [2.24, 2.45) is 11.8 Å². The van der Waals surface area contributed by atoms with E-state index in [4.69, 9.17) is 0 Å². The first-order valence-corrected chi connectivity index (χ1v) is 10.4. The van der Waals surface area contributed by atoms with Crippen LogP contribution in [-0.4, -0.2) is 24.0 Å². The van der Waals surface area contributed by atoms with E-state index in [0.29, 0.717) is 5.92 Å². The van der Waals surface area contributed by atoms with E-state index in [2.05, 4.69) is 46.6 Å². The summed E-state index contributed by atoms with van der Waals surface area (Å²) in [6.45, 7) is 8.25. The standard InChI is InChI=1S/C21H29N3OS/c1-15(2)13-19(17-7-5-4-6-8-17)23-20(25)18-9-11-24(12-10-18)21-22-16(3)14-26-21/h4-8,14-15,18-19H,9-13H2,1-3H3,(H,23,25)/t19-/m0/s1. The van der Waals surface area contributed by atoms with Gasteiger partial charge in [-0.2, -0.15) is 0 Å². The topological polar surface area (TPSA) is 45.2 Å². The van der Waals surface area contributed by atoms with Gasteiger partial charge in [0.05, 0.1) is 11.7 Å². The largest absolute Gasteiger partial charge is 0.349 e. The molecular formula is C21H29N3OS. The third kappa shape index (κ3) is 4.85. The average molecular weight is 372 g/mol. The summed E-state index contributed by atoms with van der Waals surface area (Å²) in [4.78, 5) is 19.7. The van der Waals surface area contributed by atoms with Crippen LogP contribution in [-0.2, 0) is 4.79 Å². The number of aromatic nitrogens is 1. The molecule has 2 heterocycles. The molecule has 4 nitrogen and oxygen atoms in total. The normalized spacial score (nSPS) is 16.7. The van der Waals surface area contributed by atoms with Crippen molar-refractivity contribution < 1.29 is 4.79 Å². The Kier molecular flexibility index (Phi) is 6.30. The first-order valence-electron chi connectivity index (χ1n) is 9.55. The van der Waals surface area contributed by atoms with Crippen LogP contribution >= 0.6 is 11.3 Å². The highest BCUT2D eigenvalue weighted by Crippen LogP contribution is 2.27. The molecule has 26 heavy (non-hydrogen) atoms. The molecule has 1 N–H and O–H groups in total. The molecule has 140 valence electrons. The number of aryl methyl sites for hydroxylation is 1. The Morgan fingerprint density at radius 1 is 1.27 bits per heavy atom. The number of hydrogen-bond donors (Lipinski definition) is 1. The Morgan fingerprint density at radius 3 is 2.54 bits per heavy atom. The fraction of sp³-hybridized carbons (Fsp3) is 0.524. The van der Waals surface area contributed by atoms with Crippen LogP contribution in [0.3, 0.4) is 0 Å². The summed E-state index contributed by atoms with van der Waals surface area (Å²) in [6.07, 6.45) is 2.76. The predicted molar refractivity (Wildman–Crippen MR) is 109 cm³/mol. The van der Waals surface area contributed by atoms with E-state index in [1.807, 2.05) is 25.1 Å². The number of hydrogen-bond acceptors (Lipinski definition) is 4. The summed E-state index contributed by atoms with van der Waals surface area (Å²) in [5.74, 6) is 0.843. The van der Waals surface area contributed by atoms with E-state index in [9.17, 15) is 4.79 Å². The maximum Gasteiger partial charge on any atom is 0.223 e. The highest BCUT2D eigenvalue weighted by atomic mass is 32.1. The zero-order valence-electron chi connectivity index (χ0n) is 15.9. The minimum absolute atomic E-state index is 0.100. The molecular weight excluding hydrogens is 342 g/mol. The van der Waals surface area contributed by atoms with Crippen LogP contribution in [0.1, 0.15) is 50.4 Å². The van der Waals surface area contributed by atoms with E-state index >= 15 is 0 Å². The fourth-order valence-corrected chi connectivity index (χ4v) is 4.40. The van der Waals surface area contributed by atoms with Gasteiger partial charge in [-0.3, -0.25) is 4.79 Å². The van der Waals surface area contributed by atoms with Gasteiger partial charge in [0.1, 0.15) is 0 Å². The van der Waals surface area contributed by atoms with Crippen molar-refractivity contribution in [3.63, 3.8) is 0 Å². The van der Waals surface area contributed by atoms with Gasteiger partial charge in [0.25, 0.3) is 0 Å². The molecule has 1 atom stereocenters. The monoisotopic (exact) mass is 371 g/mol. The Bertz CT molecular complexity index is 705. The molecule has 0 aliphatic carbocycles. The number of benzene rings is 1. The number of thiazole rings is 1. The molecule has 1 saturated heterocycles. The van der Waals surface area contributed by atoms with Gasteiger partial charge in [-0.1, -0.05) is 44.2 Å². The third-order valence-electron chi connectivity index (χ3n) is 4.97. The van der Waals surface area contributed by atoms with Crippen molar-refractivity contribution in [1.29, 1.82) is 0 Å². The van der Waals surface area contributed by atoms with E-state index in [-0.39, 0.29) is 17.9 Å². The number of piperidine rings is 1. The van der Waals surface area contributed by atoms with Gasteiger partial charge in [0, 0.05) is 24.4 Å². The van der Waals surface area contributed by atoms with Crippen LogP contribution in [0.15, 0.2) is 35.7 Å². The van der Waals surface area contributed by atoms with Crippen molar-refractivity contribution >= 4 is 22.4 Å². The molecule has 0 spiro atoms. The summed E-state index contributed by atoms with van der Waals surface area (Å²) in [5.41, 5.74) is 2.27. The van der Waals surface area contributed by atoms with Gasteiger partial charge in [-0.15, -0.1) is 11.3 Å². The molecule has 1 fully saturated rings. The Morgan fingerprint density at radius 2 is 1.96 bits per heavy atom. The number of amides is 1. The molecule has 1 aliphatic rings. The second-order valence-corrected chi connectivity index (χ2v) is 8.47. The molecule has 3 rings (SSSR count). The van der Waals surface area contributed by atoms with Gasteiger partial charge in [-0.25, -0.2) is 4.98 Å². The number of carbonyl (C=O) groups excluding carboxylic acids is 1. The van der Waals surface area contributed by atoms with Crippen molar-refractivity contribution in [2.45, 2.75) is 46.1 Å². The third-order valence-corrected chi connectivity index (χ3v) is 5.99. The molecule has 1 amide bonds. The van der Waals surface area contributed by atoms with Crippen molar-refractivity contribution in [3.05, 3.63) is 47.0 Å². The van der Waals surface area contributed by atoms with E-state index in [1.165, 1.54) is 5.56 Å². The zero-order valence-corrected chi connectivity index (χ0v) is 16.8. The number of nitrogens with one attached hydrogen (secondary N) is 1. The molecule has 0 radical (unpaired) electrons. The van der Waals surface area contributed by atoms with Gasteiger partial charge in [-0.05, 0) is 37.7 Å². The van der Waals surface area contributed by atoms with Gasteiger partial charge >= 0.3 is 0 Å². The number of nitrogens with zero attached hydrogens (tertiary/aromatic N) is 2. The predicted octanol–water partition coefficient (Wildman–Crippen LogP) is 4.57. The highest BCUT2D eigenvalue weighted by Gasteiger charge is 2.28. The summed E-state index contributed by atoms with van der Waals surface area (Å²) in [7, 11) is 0. The van der Waals surface area contributed by atoms with Gasteiger partial charge in [0.15, 0.2) is 5.13 Å². The summed E-state index contributed by atoms with van der Waals surface area (Å²) in [6, 6.07) is 10.4. The van der Waals surface area contributed by atoms with Crippen LogP contribution in [0.5, 0.6) is 0 Å². The minimum Gasteiger partial charge on any atom is -0.349 e. The zero-order chi connectivity index (χ0) is 18.5. The average Bonchev–Trinajstić information content (AvgIpc) is 3.08. The SMILES string of the molecule is Cc1csc(N2CCC(C(=O)N[C@@H](CC(C)C)c3ccccc3)CC2)n1. The van der Waals surface area contributed by atoms with E-state index in [1.54, 1.807) is 11.3 Å². The van der Waals surface area contributed by atoms with Crippen LogP contribution in [0.4, 0.5) is 5.13 Å². The Balaban J connectivity index is 1.58. The first kappa shape index (κ1) is 18.9. The minimum atomic E-state index is 0.100. The second kappa shape index (κ2) is 8.67. The highest BCUT2D eigenvalue weighted by molar-refractivity contribution is 7.13. The fourth-order valence-electron chi connectivity index (χ4n) is 3.54. The number of rotatable bonds is 6. The summed E-state index contributed by atoms with van der Waals surface area (Å²) >= 11 is 1.69. The maximum atomic E-state index is 12.9. The molecule has 0 bridgehead atoms. The van der Waals surface area contributed by atoms with E-state index in [0.717, 1.165) is 43.2 Å². The lowest BCUT2D eigenvalue weighted by Crippen LogP contribution is -2.41. The molecule has 5 heteroatoms. The van der Waals surface area contributed by atoms with Gasteiger partial charge < -0.3 is 10.2 Å².